The van der Waals surface area contributed by atoms with Crippen molar-refractivity contribution < 1.29 is 31.5 Å². The molecule has 2 aromatic carbocycles. The van der Waals surface area contributed by atoms with Gasteiger partial charge in [-0.05, 0) is 36.2 Å². The third-order valence-corrected chi connectivity index (χ3v) is 5.58. The van der Waals surface area contributed by atoms with E-state index in [-0.39, 0.29) is 16.4 Å². The molecule has 0 aromatic heterocycles. The molecular weight excluding hydrogens is 397 g/mol. The average molecular weight is 416 g/mol. The van der Waals surface area contributed by atoms with Gasteiger partial charge in [0.25, 0.3) is 0 Å². The highest BCUT2D eigenvalue weighted by atomic mass is 32.2. The first kappa shape index (κ1) is 21.9. The maximum Gasteiger partial charge on any atom is 0.422 e. The first-order chi connectivity index (χ1) is 12.9. The highest BCUT2D eigenvalue weighted by Gasteiger charge is 2.55. The number of anilines is 1. The molecule has 0 radical (unpaired) electrons. The number of benzene rings is 2. The van der Waals surface area contributed by atoms with E-state index in [9.17, 15) is 31.5 Å². The minimum atomic E-state index is -5.11. The summed E-state index contributed by atoms with van der Waals surface area (Å²) in [5.74, 6) is -0.355. The van der Waals surface area contributed by atoms with E-state index in [0.29, 0.717) is 5.69 Å². The van der Waals surface area contributed by atoms with Gasteiger partial charge in [-0.2, -0.15) is 13.2 Å². The number of nitrogens with one attached hydrogen (secondary N) is 2. The Hall–Kier alpha value is -2.43. The molecule has 6 nitrogen and oxygen atoms in total. The van der Waals surface area contributed by atoms with Crippen LogP contribution in [0.15, 0.2) is 53.4 Å². The molecule has 1 atom stereocenters. The van der Waals surface area contributed by atoms with Gasteiger partial charge in [0, 0.05) is 12.6 Å². The predicted octanol–water partition coefficient (Wildman–Crippen LogP) is 2.68. The molecule has 0 bridgehead atoms. The van der Waals surface area contributed by atoms with E-state index in [1.807, 2.05) is 4.72 Å². The Kier molecular flexibility index (Phi) is 6.17. The summed E-state index contributed by atoms with van der Waals surface area (Å²) in [5.41, 5.74) is -3.32. The summed E-state index contributed by atoms with van der Waals surface area (Å²) in [7, 11) is -4.36. The van der Waals surface area contributed by atoms with E-state index >= 15 is 0 Å². The normalized spacial score (nSPS) is 14.4. The molecule has 0 aliphatic carbocycles. The Labute approximate surface area is 160 Å². The maximum absolute atomic E-state index is 13.5. The van der Waals surface area contributed by atoms with Crippen molar-refractivity contribution in [3.8, 4) is 0 Å². The Morgan fingerprint density at radius 2 is 1.71 bits per heavy atom. The molecule has 28 heavy (non-hydrogen) atoms. The van der Waals surface area contributed by atoms with Crippen molar-refractivity contribution >= 4 is 21.6 Å². The van der Waals surface area contributed by atoms with Gasteiger partial charge in [-0.25, -0.2) is 13.1 Å². The third-order valence-electron chi connectivity index (χ3n) is 4.02. The van der Waals surface area contributed by atoms with Gasteiger partial charge in [-0.1, -0.05) is 30.3 Å². The Bertz CT molecular complexity index is 963. The molecule has 1 amide bonds. The summed E-state index contributed by atoms with van der Waals surface area (Å²) in [6.45, 7) is 1.42. The van der Waals surface area contributed by atoms with E-state index < -0.39 is 33.9 Å². The van der Waals surface area contributed by atoms with Gasteiger partial charge < -0.3 is 10.4 Å². The number of carbonyl (C=O) groups excluding carboxylic acids is 1. The summed E-state index contributed by atoms with van der Waals surface area (Å²) in [5, 5.41) is 12.7. The zero-order valence-corrected chi connectivity index (χ0v) is 15.9. The van der Waals surface area contributed by atoms with Crippen LogP contribution < -0.4 is 10.0 Å². The predicted molar refractivity (Wildman–Crippen MR) is 97.1 cm³/mol. The van der Waals surface area contributed by atoms with Crippen LogP contribution in [0.1, 0.15) is 18.1 Å². The zero-order valence-electron chi connectivity index (χ0n) is 15.0. The topological polar surface area (TPSA) is 95.5 Å². The summed E-state index contributed by atoms with van der Waals surface area (Å²) >= 11 is 0. The number of amides is 1. The maximum atomic E-state index is 13.5. The van der Waals surface area contributed by atoms with Crippen LogP contribution in [0, 0.1) is 6.92 Å². The molecule has 1 unspecified atom stereocenters. The number of alkyl halides is 3. The number of hydrogen-bond donors (Lipinski definition) is 3. The second-order valence-electron chi connectivity index (χ2n) is 6.21. The van der Waals surface area contributed by atoms with Gasteiger partial charge >= 0.3 is 6.18 Å². The number of hydrogen-bond acceptors (Lipinski definition) is 4. The van der Waals surface area contributed by atoms with Crippen molar-refractivity contribution in [1.29, 1.82) is 0 Å². The average Bonchev–Trinajstić information content (AvgIpc) is 2.59. The van der Waals surface area contributed by atoms with E-state index in [0.717, 1.165) is 18.2 Å². The van der Waals surface area contributed by atoms with Crippen LogP contribution in [0.5, 0.6) is 0 Å². The van der Waals surface area contributed by atoms with Gasteiger partial charge in [0.05, 0.1) is 11.4 Å². The van der Waals surface area contributed by atoms with Crippen molar-refractivity contribution in [1.82, 2.24) is 4.72 Å². The minimum Gasteiger partial charge on any atom is -0.375 e. The zero-order chi connectivity index (χ0) is 21.2. The largest absolute Gasteiger partial charge is 0.422 e. The first-order valence-electron chi connectivity index (χ1n) is 8.09. The molecule has 2 aromatic rings. The standard InChI is InChI=1S/C18H19F3N2O4S/c1-12-10-15(23-13(2)24)8-9-16(12)28(26,27)22-11-17(25,18(19,20)21)14-6-4-3-5-7-14/h3-10,22,25H,11H2,1-2H3,(H,23,24). The Morgan fingerprint density at radius 3 is 2.21 bits per heavy atom. The fourth-order valence-corrected chi connectivity index (χ4v) is 3.87. The molecule has 10 heteroatoms. The summed E-state index contributed by atoms with van der Waals surface area (Å²) in [6.07, 6.45) is -5.11. The number of carbonyl (C=O) groups is 1. The fourth-order valence-electron chi connectivity index (χ4n) is 2.59. The molecule has 0 aliphatic rings. The van der Waals surface area contributed by atoms with Crippen molar-refractivity contribution in [2.24, 2.45) is 0 Å². The number of sulfonamides is 1. The molecule has 0 aliphatic heterocycles. The number of aliphatic hydroxyl groups is 1. The van der Waals surface area contributed by atoms with Crippen molar-refractivity contribution in [3.05, 3.63) is 59.7 Å². The highest BCUT2D eigenvalue weighted by Crippen LogP contribution is 2.38. The van der Waals surface area contributed by atoms with Crippen LogP contribution in [0.4, 0.5) is 18.9 Å². The molecule has 0 saturated carbocycles. The molecule has 3 N–H and O–H groups in total. The molecule has 0 saturated heterocycles. The third kappa shape index (κ3) is 4.70. The summed E-state index contributed by atoms with van der Waals surface area (Å²) in [4.78, 5) is 10.8. The molecule has 0 spiro atoms. The SMILES string of the molecule is CC(=O)Nc1ccc(S(=O)(=O)NCC(O)(c2ccccc2)C(F)(F)F)c(C)c1. The lowest BCUT2D eigenvalue weighted by Crippen LogP contribution is -2.51. The Morgan fingerprint density at radius 1 is 1.11 bits per heavy atom. The van der Waals surface area contributed by atoms with Gasteiger partial charge in [0.1, 0.15) is 0 Å². The lowest BCUT2D eigenvalue weighted by Gasteiger charge is -2.31. The number of aryl methyl sites for hydroxylation is 1. The van der Waals surface area contributed by atoms with Gasteiger partial charge in [0.2, 0.25) is 15.9 Å². The van der Waals surface area contributed by atoms with E-state index in [1.54, 1.807) is 0 Å². The van der Waals surface area contributed by atoms with Gasteiger partial charge in [-0.3, -0.25) is 4.79 Å². The lowest BCUT2D eigenvalue weighted by atomic mass is 9.93. The molecule has 2 rings (SSSR count). The van der Waals surface area contributed by atoms with Crippen LogP contribution >= 0.6 is 0 Å². The van der Waals surface area contributed by atoms with Crippen LogP contribution in [0.2, 0.25) is 0 Å². The second-order valence-corrected chi connectivity index (χ2v) is 7.95. The van der Waals surface area contributed by atoms with Crippen molar-refractivity contribution in [3.63, 3.8) is 0 Å². The second kappa shape index (κ2) is 7.90. The monoisotopic (exact) mass is 416 g/mol. The molecule has 152 valence electrons. The summed E-state index contributed by atoms with van der Waals surface area (Å²) < 4.78 is 67.4. The van der Waals surface area contributed by atoms with E-state index in [2.05, 4.69) is 5.32 Å². The quantitative estimate of drug-likeness (QED) is 0.675. The summed E-state index contributed by atoms with van der Waals surface area (Å²) in [6, 6.07) is 10.1. The van der Waals surface area contributed by atoms with Gasteiger partial charge in [-0.15, -0.1) is 0 Å². The minimum absolute atomic E-state index is 0.217. The van der Waals surface area contributed by atoms with E-state index in [4.69, 9.17) is 0 Å². The lowest BCUT2D eigenvalue weighted by molar-refractivity contribution is -0.263. The van der Waals surface area contributed by atoms with Crippen LogP contribution in [-0.2, 0) is 20.4 Å². The van der Waals surface area contributed by atoms with Crippen LogP contribution in [-0.4, -0.2) is 32.2 Å². The van der Waals surface area contributed by atoms with Crippen molar-refractivity contribution in [2.45, 2.75) is 30.5 Å². The Balaban J connectivity index is 2.32. The van der Waals surface area contributed by atoms with E-state index in [1.165, 1.54) is 44.2 Å². The fraction of sp³-hybridized carbons (Fsp3) is 0.278. The van der Waals surface area contributed by atoms with Crippen molar-refractivity contribution in [2.75, 3.05) is 11.9 Å². The first-order valence-corrected chi connectivity index (χ1v) is 9.58. The van der Waals surface area contributed by atoms with Crippen LogP contribution in [0.3, 0.4) is 0 Å². The number of rotatable bonds is 6. The molecular formula is C18H19F3N2O4S. The smallest absolute Gasteiger partial charge is 0.375 e. The van der Waals surface area contributed by atoms with Crippen LogP contribution in [0.25, 0.3) is 0 Å². The number of halogens is 3. The van der Waals surface area contributed by atoms with Gasteiger partial charge in [0.15, 0.2) is 5.60 Å². The molecule has 0 heterocycles. The molecule has 0 fully saturated rings. The highest BCUT2D eigenvalue weighted by molar-refractivity contribution is 7.89.